The van der Waals surface area contributed by atoms with Crippen LogP contribution >= 0.6 is 0 Å². The van der Waals surface area contributed by atoms with Gasteiger partial charge in [0, 0.05) is 11.6 Å². The van der Waals surface area contributed by atoms with Gasteiger partial charge < -0.3 is 5.11 Å². The highest BCUT2D eigenvalue weighted by atomic mass is 16.6. The second kappa shape index (κ2) is 5.94. The fraction of sp³-hybridized carbons (Fsp3) is 0.100. The number of para-hydroxylation sites is 1. The van der Waals surface area contributed by atoms with Crippen molar-refractivity contribution in [2.45, 2.75) is 6.61 Å². The predicted molar refractivity (Wildman–Crippen MR) is 61.3 cm³/mol. The SMILES string of the molecule is N#CC(C#N)=NNc1c(CO)cccc1[N+](=O)[O-]. The third-order valence-electron chi connectivity index (χ3n) is 1.99. The normalized spacial score (nSPS) is 8.83. The van der Waals surface area contributed by atoms with Crippen LogP contribution in [0.25, 0.3) is 0 Å². The second-order valence-corrected chi connectivity index (χ2v) is 3.02. The fourth-order valence-electron chi connectivity index (χ4n) is 1.19. The van der Waals surface area contributed by atoms with Crippen molar-refractivity contribution in [1.82, 2.24) is 0 Å². The summed E-state index contributed by atoms with van der Waals surface area (Å²) in [5.74, 6) is 0. The third kappa shape index (κ3) is 2.78. The molecule has 0 aliphatic heterocycles. The Kier molecular flexibility index (Phi) is 4.32. The molecule has 0 fully saturated rings. The van der Waals surface area contributed by atoms with Crippen molar-refractivity contribution in [1.29, 1.82) is 10.5 Å². The van der Waals surface area contributed by atoms with Crippen LogP contribution in [-0.4, -0.2) is 15.7 Å². The lowest BCUT2D eigenvalue weighted by Gasteiger charge is -2.06. The van der Waals surface area contributed by atoms with Gasteiger partial charge in [-0.1, -0.05) is 12.1 Å². The van der Waals surface area contributed by atoms with Gasteiger partial charge in [0.25, 0.3) is 5.69 Å². The van der Waals surface area contributed by atoms with Crippen molar-refractivity contribution in [2.75, 3.05) is 5.43 Å². The van der Waals surface area contributed by atoms with E-state index in [1.165, 1.54) is 30.3 Å². The highest BCUT2D eigenvalue weighted by Crippen LogP contribution is 2.28. The highest BCUT2D eigenvalue weighted by molar-refractivity contribution is 6.10. The molecule has 0 saturated heterocycles. The Bertz CT molecular complexity index is 566. The van der Waals surface area contributed by atoms with Crippen LogP contribution in [0.2, 0.25) is 0 Å². The van der Waals surface area contributed by atoms with E-state index in [0.29, 0.717) is 0 Å². The summed E-state index contributed by atoms with van der Waals surface area (Å²) in [7, 11) is 0. The summed E-state index contributed by atoms with van der Waals surface area (Å²) in [6, 6.07) is 7.09. The van der Waals surface area contributed by atoms with Gasteiger partial charge in [-0.25, -0.2) is 0 Å². The number of benzene rings is 1. The Morgan fingerprint density at radius 2 is 2.17 bits per heavy atom. The van der Waals surface area contributed by atoms with Gasteiger partial charge in [0.15, 0.2) is 0 Å². The van der Waals surface area contributed by atoms with Crippen molar-refractivity contribution in [2.24, 2.45) is 5.10 Å². The number of nitrogens with one attached hydrogen (secondary N) is 1. The largest absolute Gasteiger partial charge is 0.392 e. The quantitative estimate of drug-likeness (QED) is 0.459. The van der Waals surface area contributed by atoms with Gasteiger partial charge in [-0.2, -0.15) is 15.6 Å². The molecule has 0 aliphatic carbocycles. The van der Waals surface area contributed by atoms with Crippen LogP contribution in [0.5, 0.6) is 0 Å². The number of nitrogens with zero attached hydrogens (tertiary/aromatic N) is 4. The molecule has 0 atom stereocenters. The maximum Gasteiger partial charge on any atom is 0.294 e. The molecule has 18 heavy (non-hydrogen) atoms. The minimum Gasteiger partial charge on any atom is -0.392 e. The Balaban J connectivity index is 3.23. The zero-order valence-corrected chi connectivity index (χ0v) is 8.99. The van der Waals surface area contributed by atoms with Gasteiger partial charge in [-0.05, 0) is 0 Å². The molecular formula is C10H7N5O3. The Labute approximate surface area is 102 Å². The number of anilines is 1. The zero-order valence-electron chi connectivity index (χ0n) is 8.99. The van der Waals surface area contributed by atoms with Crippen molar-refractivity contribution in [3.05, 3.63) is 33.9 Å². The number of aliphatic hydroxyl groups excluding tert-OH is 1. The van der Waals surface area contributed by atoms with Gasteiger partial charge in [0.1, 0.15) is 17.8 Å². The number of hydrazone groups is 1. The Morgan fingerprint density at radius 1 is 1.50 bits per heavy atom. The highest BCUT2D eigenvalue weighted by Gasteiger charge is 2.16. The van der Waals surface area contributed by atoms with E-state index >= 15 is 0 Å². The maximum absolute atomic E-state index is 10.8. The van der Waals surface area contributed by atoms with Crippen LogP contribution in [0.4, 0.5) is 11.4 Å². The van der Waals surface area contributed by atoms with Crippen LogP contribution in [0, 0.1) is 32.8 Å². The van der Waals surface area contributed by atoms with E-state index in [1.54, 1.807) is 0 Å². The molecule has 90 valence electrons. The molecule has 8 nitrogen and oxygen atoms in total. The van der Waals surface area contributed by atoms with Gasteiger partial charge in [0.2, 0.25) is 5.71 Å². The summed E-state index contributed by atoms with van der Waals surface area (Å²) in [4.78, 5) is 10.1. The first kappa shape index (κ1) is 13.1. The number of hydrogen-bond donors (Lipinski definition) is 2. The second-order valence-electron chi connectivity index (χ2n) is 3.02. The van der Waals surface area contributed by atoms with Crippen molar-refractivity contribution < 1.29 is 10.0 Å². The summed E-state index contributed by atoms with van der Waals surface area (Å²) in [5, 5.41) is 40.2. The molecular weight excluding hydrogens is 238 g/mol. The molecule has 1 rings (SSSR count). The van der Waals surface area contributed by atoms with E-state index in [0.717, 1.165) is 0 Å². The molecule has 0 aromatic heterocycles. The lowest BCUT2D eigenvalue weighted by molar-refractivity contribution is -0.384. The number of aliphatic hydroxyl groups is 1. The van der Waals surface area contributed by atoms with Crippen molar-refractivity contribution in [3.8, 4) is 12.1 Å². The number of nitro benzene ring substituents is 1. The first-order valence-electron chi connectivity index (χ1n) is 4.65. The molecule has 0 radical (unpaired) electrons. The third-order valence-corrected chi connectivity index (χ3v) is 1.99. The summed E-state index contributed by atoms with van der Waals surface area (Å²) in [6.45, 7) is -0.437. The van der Waals surface area contributed by atoms with E-state index in [9.17, 15) is 10.1 Å². The number of nitro groups is 1. The summed E-state index contributed by atoms with van der Waals surface area (Å²) >= 11 is 0. The van der Waals surface area contributed by atoms with Crippen LogP contribution < -0.4 is 5.43 Å². The molecule has 0 spiro atoms. The molecule has 0 bridgehead atoms. The average Bonchev–Trinajstić information content (AvgIpc) is 2.39. The van der Waals surface area contributed by atoms with Gasteiger partial charge >= 0.3 is 0 Å². The zero-order chi connectivity index (χ0) is 13.5. The number of rotatable bonds is 4. The van der Waals surface area contributed by atoms with Gasteiger partial charge in [-0.3, -0.25) is 15.5 Å². The lowest BCUT2D eigenvalue weighted by Crippen LogP contribution is -2.03. The molecule has 0 heterocycles. The molecule has 0 unspecified atom stereocenters. The molecule has 8 heteroatoms. The minimum atomic E-state index is -0.657. The number of hydrogen-bond acceptors (Lipinski definition) is 7. The molecule has 0 amide bonds. The summed E-state index contributed by atoms with van der Waals surface area (Å²) in [5.41, 5.74) is 1.67. The Hall–Kier alpha value is -2.97. The average molecular weight is 245 g/mol. The Morgan fingerprint density at radius 3 is 2.67 bits per heavy atom. The summed E-state index contributed by atoms with van der Waals surface area (Å²) in [6.07, 6.45) is 0. The van der Waals surface area contributed by atoms with E-state index in [1.807, 2.05) is 0 Å². The molecule has 1 aromatic carbocycles. The predicted octanol–water partition coefficient (Wildman–Crippen LogP) is 0.902. The van der Waals surface area contributed by atoms with Gasteiger partial charge in [0.05, 0.1) is 11.5 Å². The molecule has 0 saturated carbocycles. The van der Waals surface area contributed by atoms with Crippen molar-refractivity contribution in [3.63, 3.8) is 0 Å². The molecule has 1 aromatic rings. The molecule has 0 aliphatic rings. The molecule has 2 N–H and O–H groups in total. The minimum absolute atomic E-state index is 0.0481. The van der Waals surface area contributed by atoms with E-state index in [4.69, 9.17) is 15.6 Å². The maximum atomic E-state index is 10.8. The van der Waals surface area contributed by atoms with Crippen LogP contribution in [0.3, 0.4) is 0 Å². The monoisotopic (exact) mass is 245 g/mol. The summed E-state index contributed by atoms with van der Waals surface area (Å²) < 4.78 is 0. The topological polar surface area (TPSA) is 135 Å². The van der Waals surface area contributed by atoms with Crippen LogP contribution in [-0.2, 0) is 6.61 Å². The van der Waals surface area contributed by atoms with E-state index < -0.39 is 17.2 Å². The van der Waals surface area contributed by atoms with Gasteiger partial charge in [-0.15, -0.1) is 0 Å². The number of nitriles is 2. The van der Waals surface area contributed by atoms with E-state index in [2.05, 4.69) is 10.5 Å². The van der Waals surface area contributed by atoms with Crippen molar-refractivity contribution >= 4 is 17.1 Å². The first-order chi connectivity index (χ1) is 8.63. The standard InChI is InChI=1S/C10H7N5O3/c11-4-8(5-12)13-14-10-7(6-16)2-1-3-9(10)15(17)18/h1-3,14,16H,6H2. The van der Waals surface area contributed by atoms with Crippen LogP contribution in [0.15, 0.2) is 23.3 Å². The smallest absolute Gasteiger partial charge is 0.294 e. The lowest BCUT2D eigenvalue weighted by atomic mass is 10.1. The van der Waals surface area contributed by atoms with Crippen LogP contribution in [0.1, 0.15) is 5.56 Å². The first-order valence-corrected chi connectivity index (χ1v) is 4.65. The van der Waals surface area contributed by atoms with E-state index in [-0.39, 0.29) is 16.9 Å². The fourth-order valence-corrected chi connectivity index (χ4v) is 1.19.